The summed E-state index contributed by atoms with van der Waals surface area (Å²) in [6.45, 7) is 17.5. The highest BCUT2D eigenvalue weighted by Gasteiger charge is 2.35. The standard InChI is InChI=1S/C32H44F3N3OS.C5H8/c1-7-12-22(6)36-28(11-5)27(13-8-2)31(39)37-25-17-15-24(16-18-25)29(14-9-3)38-30-20-19-26(21-23(30)10-4)40-32(33,34)35;1-3-5-4-2/h10,14-18,26H,7-9,11-13,19-21H2,1-6H3,(H,37,39);3-5H,1H2,2H3/b23-10-,28-27+,29-14+,36-22?,38-30-;5-4-. The number of hydrogen-bond donors (Lipinski definition) is 1. The number of halogens is 3. The van der Waals surface area contributed by atoms with Gasteiger partial charge in [0.2, 0.25) is 0 Å². The average molecular weight is 644 g/mol. The van der Waals surface area contributed by atoms with E-state index < -0.39 is 10.8 Å². The van der Waals surface area contributed by atoms with Crippen molar-refractivity contribution in [2.75, 3.05) is 5.32 Å². The molecule has 8 heteroatoms. The van der Waals surface area contributed by atoms with Crippen LogP contribution < -0.4 is 5.32 Å². The molecule has 0 heterocycles. The number of carbonyl (C=O) groups is 1. The molecule has 248 valence electrons. The second-order valence-electron chi connectivity index (χ2n) is 10.7. The minimum absolute atomic E-state index is 0.0882. The van der Waals surface area contributed by atoms with E-state index in [-0.39, 0.29) is 17.7 Å². The van der Waals surface area contributed by atoms with E-state index in [1.165, 1.54) is 0 Å². The van der Waals surface area contributed by atoms with Gasteiger partial charge in [-0.25, -0.2) is 0 Å². The molecule has 1 atom stereocenters. The summed E-state index contributed by atoms with van der Waals surface area (Å²) in [4.78, 5) is 22.9. The molecule has 1 aliphatic carbocycles. The van der Waals surface area contributed by atoms with E-state index in [4.69, 9.17) is 9.98 Å². The number of benzene rings is 1. The monoisotopic (exact) mass is 643 g/mol. The SMILES string of the molecule is C/C=C1/CC(SC(F)(F)F)CC/C1=N/C(=C/CC)c1ccc(NC(=O)/C(CCC)=C(\CC)N=C(C)CCC)cc1.C=C/C=C\C. The number of nitrogens with zero attached hydrogens (tertiary/aromatic N) is 2. The fourth-order valence-corrected chi connectivity index (χ4v) is 5.78. The molecule has 1 fully saturated rings. The Morgan fingerprint density at radius 2 is 1.76 bits per heavy atom. The third-order valence-corrected chi connectivity index (χ3v) is 7.99. The van der Waals surface area contributed by atoms with Crippen molar-refractivity contribution in [3.05, 3.63) is 83.6 Å². The first-order valence-corrected chi connectivity index (χ1v) is 16.9. The Labute approximate surface area is 273 Å². The first kappa shape index (κ1) is 39.9. The highest BCUT2D eigenvalue weighted by Crippen LogP contribution is 2.41. The molecule has 1 unspecified atom stereocenters. The van der Waals surface area contributed by atoms with Crippen molar-refractivity contribution in [1.29, 1.82) is 0 Å². The molecular weight excluding hydrogens is 591 g/mol. The third kappa shape index (κ3) is 15.1. The van der Waals surface area contributed by atoms with Gasteiger partial charge in [-0.05, 0) is 101 Å². The summed E-state index contributed by atoms with van der Waals surface area (Å²) in [6.07, 6.45) is 15.7. The smallest absolute Gasteiger partial charge is 0.322 e. The maximum atomic E-state index is 13.3. The maximum Gasteiger partial charge on any atom is 0.442 e. The minimum Gasteiger partial charge on any atom is -0.322 e. The van der Waals surface area contributed by atoms with Crippen molar-refractivity contribution in [2.24, 2.45) is 9.98 Å². The van der Waals surface area contributed by atoms with Crippen LogP contribution in [0.4, 0.5) is 18.9 Å². The van der Waals surface area contributed by atoms with Gasteiger partial charge in [-0.3, -0.25) is 14.8 Å². The Balaban J connectivity index is 0.00000187. The van der Waals surface area contributed by atoms with E-state index in [9.17, 15) is 18.0 Å². The number of aliphatic imine (C=N–C) groups is 2. The zero-order valence-corrected chi connectivity index (χ0v) is 29.0. The lowest BCUT2D eigenvalue weighted by Crippen LogP contribution is -2.22. The van der Waals surface area contributed by atoms with Gasteiger partial charge >= 0.3 is 5.51 Å². The first-order chi connectivity index (χ1) is 21.5. The number of rotatable bonds is 13. The number of alkyl halides is 3. The van der Waals surface area contributed by atoms with Crippen LogP contribution in [-0.4, -0.2) is 28.1 Å². The molecule has 1 saturated carbocycles. The first-order valence-electron chi connectivity index (χ1n) is 16.1. The lowest BCUT2D eigenvalue weighted by molar-refractivity contribution is -0.113. The lowest BCUT2D eigenvalue weighted by atomic mass is 9.92. The Morgan fingerprint density at radius 1 is 1.09 bits per heavy atom. The molecule has 2 rings (SSSR count). The normalized spacial score (nSPS) is 18.5. The van der Waals surface area contributed by atoms with Crippen LogP contribution in [0, 0.1) is 0 Å². The van der Waals surface area contributed by atoms with Gasteiger partial charge in [0.05, 0.1) is 5.70 Å². The predicted octanol–water partition coefficient (Wildman–Crippen LogP) is 12.0. The quantitative estimate of drug-likeness (QED) is 0.132. The molecule has 1 aromatic rings. The van der Waals surface area contributed by atoms with Crippen molar-refractivity contribution < 1.29 is 18.0 Å². The van der Waals surface area contributed by atoms with Gasteiger partial charge in [-0.1, -0.05) is 89.6 Å². The molecule has 0 bridgehead atoms. The summed E-state index contributed by atoms with van der Waals surface area (Å²) in [5.74, 6) is -0.129. The van der Waals surface area contributed by atoms with E-state index in [0.717, 1.165) is 65.2 Å². The van der Waals surface area contributed by atoms with Gasteiger partial charge in [-0.2, -0.15) is 13.2 Å². The predicted molar refractivity (Wildman–Crippen MR) is 191 cm³/mol. The molecule has 4 nitrogen and oxygen atoms in total. The van der Waals surface area contributed by atoms with E-state index in [1.54, 1.807) is 6.08 Å². The van der Waals surface area contributed by atoms with Crippen molar-refractivity contribution >= 4 is 40.5 Å². The largest absolute Gasteiger partial charge is 0.442 e. The molecule has 0 aliphatic heterocycles. The molecule has 0 spiro atoms. The number of anilines is 1. The molecule has 1 N–H and O–H groups in total. The van der Waals surface area contributed by atoms with Crippen molar-refractivity contribution in [3.63, 3.8) is 0 Å². The van der Waals surface area contributed by atoms with Crippen LogP contribution in [-0.2, 0) is 4.79 Å². The van der Waals surface area contributed by atoms with Gasteiger partial charge in [0.25, 0.3) is 5.91 Å². The third-order valence-electron chi connectivity index (χ3n) is 6.99. The van der Waals surface area contributed by atoms with E-state index in [2.05, 4.69) is 25.7 Å². The molecule has 0 radical (unpaired) electrons. The summed E-state index contributed by atoms with van der Waals surface area (Å²) in [7, 11) is 0. The zero-order valence-electron chi connectivity index (χ0n) is 28.2. The number of allylic oxidation sites excluding steroid dienone is 7. The highest BCUT2D eigenvalue weighted by molar-refractivity contribution is 8.00. The molecule has 1 amide bonds. The molecule has 0 saturated heterocycles. The van der Waals surface area contributed by atoms with Crippen LogP contribution in [0.5, 0.6) is 0 Å². The highest BCUT2D eigenvalue weighted by atomic mass is 32.2. The van der Waals surface area contributed by atoms with Gasteiger partial charge in [0.1, 0.15) is 0 Å². The summed E-state index contributed by atoms with van der Waals surface area (Å²) in [5, 5.41) is 2.56. The van der Waals surface area contributed by atoms with Crippen LogP contribution in [0.3, 0.4) is 0 Å². The van der Waals surface area contributed by atoms with E-state index in [1.807, 2.05) is 83.2 Å². The number of carbonyl (C=O) groups excluding carboxylic acids is 1. The number of thioether (sulfide) groups is 1. The van der Waals surface area contributed by atoms with Crippen molar-refractivity contribution in [1.82, 2.24) is 0 Å². The minimum atomic E-state index is -4.23. The Morgan fingerprint density at radius 3 is 2.24 bits per heavy atom. The lowest BCUT2D eigenvalue weighted by Gasteiger charge is -2.26. The van der Waals surface area contributed by atoms with Crippen molar-refractivity contribution in [3.8, 4) is 0 Å². The fourth-order valence-electron chi connectivity index (χ4n) is 4.91. The van der Waals surface area contributed by atoms with Crippen LogP contribution in [0.1, 0.15) is 112 Å². The Bertz CT molecular complexity index is 1270. The second kappa shape index (κ2) is 21.6. The second-order valence-corrected chi connectivity index (χ2v) is 12.1. The van der Waals surface area contributed by atoms with Gasteiger partial charge in [-0.15, -0.1) is 0 Å². The molecule has 0 aromatic heterocycles. The van der Waals surface area contributed by atoms with Crippen molar-refractivity contribution in [2.45, 2.75) is 117 Å². The Kier molecular flexibility index (Phi) is 19.1. The van der Waals surface area contributed by atoms with Gasteiger partial charge in [0, 0.05) is 33.6 Å². The summed E-state index contributed by atoms with van der Waals surface area (Å²) < 4.78 is 38.7. The van der Waals surface area contributed by atoms with Crippen LogP contribution in [0.2, 0.25) is 0 Å². The number of amides is 1. The van der Waals surface area contributed by atoms with Gasteiger partial charge in [0.15, 0.2) is 0 Å². The maximum absolute atomic E-state index is 13.3. The molecule has 1 aliphatic rings. The summed E-state index contributed by atoms with van der Waals surface area (Å²) in [5.41, 5.74) is 2.47. The summed E-state index contributed by atoms with van der Waals surface area (Å²) >= 11 is 0.0882. The van der Waals surface area contributed by atoms with E-state index >= 15 is 0 Å². The molecule has 45 heavy (non-hydrogen) atoms. The fraction of sp³-hybridized carbons (Fsp3) is 0.486. The number of hydrogen-bond acceptors (Lipinski definition) is 4. The van der Waals surface area contributed by atoms with Crippen LogP contribution in [0.25, 0.3) is 5.70 Å². The Hall–Kier alpha value is -3.13. The topological polar surface area (TPSA) is 53.8 Å². The molecule has 1 aromatic carbocycles. The summed E-state index contributed by atoms with van der Waals surface area (Å²) in [6, 6.07) is 7.58. The number of nitrogens with one attached hydrogen (secondary N) is 1. The van der Waals surface area contributed by atoms with Crippen LogP contribution >= 0.6 is 11.8 Å². The zero-order chi connectivity index (χ0) is 33.8. The molecular formula is C37H52F3N3OS. The average Bonchev–Trinajstić information content (AvgIpc) is 2.99. The van der Waals surface area contributed by atoms with Gasteiger partial charge < -0.3 is 5.32 Å². The van der Waals surface area contributed by atoms with Crippen LogP contribution in [0.15, 0.2) is 88.1 Å². The van der Waals surface area contributed by atoms with E-state index in [0.29, 0.717) is 37.8 Å².